The first-order valence-electron chi connectivity index (χ1n) is 11.6. The summed E-state index contributed by atoms with van der Waals surface area (Å²) in [4.78, 5) is 3.62. The molecule has 5 rings (SSSR count). The molecule has 12 heteroatoms. The molecule has 3 N–H and O–H groups in total. The average Bonchev–Trinajstić information content (AvgIpc) is 3.43. The van der Waals surface area contributed by atoms with Gasteiger partial charge in [-0.15, -0.1) is 10.2 Å². The maximum absolute atomic E-state index is 15.1. The lowest BCUT2D eigenvalue weighted by Gasteiger charge is -2.16. The number of nitrogens with two attached hydrogens (primary N) is 1. The van der Waals surface area contributed by atoms with Crippen LogP contribution in [0.2, 0.25) is 5.02 Å². The molecule has 0 saturated carbocycles. The van der Waals surface area contributed by atoms with Gasteiger partial charge in [-0.3, -0.25) is 9.71 Å². The molecule has 0 radical (unpaired) electrons. The first kappa shape index (κ1) is 29.1. The van der Waals surface area contributed by atoms with Crippen molar-refractivity contribution in [2.24, 2.45) is 5.73 Å². The van der Waals surface area contributed by atoms with Crippen molar-refractivity contribution in [2.75, 3.05) is 4.72 Å². The maximum Gasteiger partial charge on any atom is 0.266 e. The van der Waals surface area contributed by atoms with E-state index in [-0.39, 0.29) is 29.9 Å². The van der Waals surface area contributed by atoms with Crippen molar-refractivity contribution in [1.29, 1.82) is 0 Å². The largest absolute Gasteiger partial charge is 0.455 e. The molecular weight excluding hydrogens is 573 g/mol. The Kier molecular flexibility index (Phi) is 8.79. The second-order valence-electron chi connectivity index (χ2n) is 8.48. The van der Waals surface area contributed by atoms with Gasteiger partial charge in [0.2, 0.25) is 5.13 Å². The molecule has 0 spiro atoms. The minimum absolute atomic E-state index is 0. The molecule has 0 aliphatic heterocycles. The molecule has 5 aromatic rings. The second-order valence-corrected chi connectivity index (χ2v) is 11.4. The molecule has 0 aliphatic carbocycles. The Hall–Kier alpha value is -3.90. The van der Waals surface area contributed by atoms with E-state index in [2.05, 4.69) is 26.0 Å². The number of nitrogens with zero attached hydrogens (tertiary/aromatic N) is 3. The monoisotopic (exact) mass is 597 g/mol. The van der Waals surface area contributed by atoms with Crippen molar-refractivity contribution in [1.82, 2.24) is 15.2 Å². The zero-order chi connectivity index (χ0) is 27.6. The Bertz CT molecular complexity index is 1770. The van der Waals surface area contributed by atoms with Gasteiger partial charge in [0, 0.05) is 24.4 Å². The van der Waals surface area contributed by atoms with Crippen molar-refractivity contribution in [3.05, 3.63) is 101 Å². The van der Waals surface area contributed by atoms with E-state index in [9.17, 15) is 8.42 Å². The van der Waals surface area contributed by atoms with Gasteiger partial charge in [-0.25, -0.2) is 12.8 Å². The van der Waals surface area contributed by atoms with Gasteiger partial charge < -0.3 is 10.5 Å². The third-order valence-electron chi connectivity index (χ3n) is 5.75. The summed E-state index contributed by atoms with van der Waals surface area (Å²) in [5, 5.41) is 7.09. The highest BCUT2D eigenvalue weighted by molar-refractivity contribution is 7.93. The summed E-state index contributed by atoms with van der Waals surface area (Å²) in [6.07, 6.45) is 1.65. The molecule has 2 heterocycles. The van der Waals surface area contributed by atoms with Crippen LogP contribution < -0.4 is 15.2 Å². The smallest absolute Gasteiger partial charge is 0.266 e. The first-order chi connectivity index (χ1) is 18.7. The van der Waals surface area contributed by atoms with E-state index in [4.69, 9.17) is 22.1 Å². The summed E-state index contributed by atoms with van der Waals surface area (Å²) in [5.74, 6) is -0.718. The number of nitrogens with one attached hydrogen (secondary N) is 1. The third kappa shape index (κ3) is 6.28. The Labute approximate surface area is 240 Å². The van der Waals surface area contributed by atoms with Crippen molar-refractivity contribution in [3.63, 3.8) is 0 Å². The lowest BCUT2D eigenvalue weighted by molar-refractivity contribution is 0.475. The van der Waals surface area contributed by atoms with Crippen molar-refractivity contribution < 1.29 is 17.5 Å². The molecule has 8 nitrogen and oxygen atoms in total. The van der Waals surface area contributed by atoms with Crippen LogP contribution >= 0.6 is 22.9 Å². The fourth-order valence-corrected chi connectivity index (χ4v) is 5.95. The number of sulfonamides is 1. The zero-order valence-electron chi connectivity index (χ0n) is 20.4. The highest BCUT2D eigenvalue weighted by Crippen LogP contribution is 2.40. The van der Waals surface area contributed by atoms with Crippen LogP contribution in [0.3, 0.4) is 0 Å². The van der Waals surface area contributed by atoms with Gasteiger partial charge in [0.1, 0.15) is 27.7 Å². The van der Waals surface area contributed by atoms with E-state index < -0.39 is 20.7 Å². The van der Waals surface area contributed by atoms with E-state index in [1.165, 1.54) is 5.51 Å². The van der Waals surface area contributed by atoms with E-state index in [1.807, 2.05) is 49.4 Å². The minimum Gasteiger partial charge on any atom is -0.455 e. The van der Waals surface area contributed by atoms with Gasteiger partial charge in [-0.2, -0.15) is 0 Å². The number of aryl methyl sites for hydroxylation is 1. The molecule has 0 aliphatic rings. The summed E-state index contributed by atoms with van der Waals surface area (Å²) in [6, 6.07) is 19.3. The van der Waals surface area contributed by atoms with Crippen LogP contribution in [0.15, 0.2) is 83.3 Å². The molecule has 0 bridgehead atoms. The van der Waals surface area contributed by atoms with E-state index >= 15 is 4.39 Å². The normalized spacial score (nSPS) is 11.1. The van der Waals surface area contributed by atoms with Crippen LogP contribution in [0.1, 0.15) is 18.7 Å². The molecule has 0 atom stereocenters. The highest BCUT2D eigenvalue weighted by atomic mass is 35.5. The summed E-state index contributed by atoms with van der Waals surface area (Å²) in [6.45, 7) is 2.27. The SMILES string of the molecule is C.Cc1cccc(-c2ccc(Oc3cc(F)c(S(=O)(=O)Nc4nncs4)cc3Cl)c(-c3ccnc(CN)c3)c2)c1. The van der Waals surface area contributed by atoms with Crippen LogP contribution in [-0.4, -0.2) is 23.6 Å². The van der Waals surface area contributed by atoms with Gasteiger partial charge in [0.15, 0.2) is 0 Å². The van der Waals surface area contributed by atoms with Gasteiger partial charge in [-0.05, 0) is 53.9 Å². The van der Waals surface area contributed by atoms with E-state index in [1.54, 1.807) is 12.3 Å². The molecule has 206 valence electrons. The summed E-state index contributed by atoms with van der Waals surface area (Å²) in [7, 11) is -4.30. The molecular formula is C28H25ClFN5O3S2. The number of hydrogen-bond donors (Lipinski definition) is 2. The Balaban J connectivity index is 0.00000370. The molecule has 0 amide bonds. The molecule has 3 aromatic carbocycles. The third-order valence-corrected chi connectivity index (χ3v) is 8.13. The van der Waals surface area contributed by atoms with Gasteiger partial charge in [0.05, 0.1) is 10.7 Å². The van der Waals surface area contributed by atoms with Gasteiger partial charge in [0.25, 0.3) is 10.0 Å². The number of aromatic nitrogens is 3. The number of anilines is 1. The van der Waals surface area contributed by atoms with Crippen molar-refractivity contribution in [2.45, 2.75) is 25.8 Å². The first-order valence-corrected chi connectivity index (χ1v) is 14.3. The minimum atomic E-state index is -4.30. The van der Waals surface area contributed by atoms with Crippen molar-refractivity contribution >= 4 is 38.1 Å². The Morgan fingerprint density at radius 3 is 2.55 bits per heavy atom. The Morgan fingerprint density at radius 2 is 1.82 bits per heavy atom. The zero-order valence-corrected chi connectivity index (χ0v) is 22.8. The Morgan fingerprint density at radius 1 is 1.02 bits per heavy atom. The lowest BCUT2D eigenvalue weighted by Crippen LogP contribution is -2.14. The number of pyridine rings is 1. The van der Waals surface area contributed by atoms with E-state index in [0.717, 1.165) is 45.7 Å². The summed E-state index contributed by atoms with van der Waals surface area (Å²) in [5.41, 5.74) is 12.4. The molecule has 0 fully saturated rings. The fourth-order valence-electron chi connectivity index (χ4n) is 3.91. The van der Waals surface area contributed by atoms with Crippen LogP contribution in [0.4, 0.5) is 9.52 Å². The predicted octanol–water partition coefficient (Wildman–Crippen LogP) is 7.06. The van der Waals surface area contributed by atoms with Crippen LogP contribution in [0, 0.1) is 12.7 Å². The topological polar surface area (TPSA) is 120 Å². The number of rotatable bonds is 8. The summed E-state index contributed by atoms with van der Waals surface area (Å²) < 4.78 is 48.8. The summed E-state index contributed by atoms with van der Waals surface area (Å²) >= 11 is 7.35. The molecule has 0 unspecified atom stereocenters. The number of ether oxygens (including phenoxy) is 1. The fraction of sp³-hybridized carbons (Fsp3) is 0.107. The van der Waals surface area contributed by atoms with Crippen LogP contribution in [0.5, 0.6) is 11.5 Å². The van der Waals surface area contributed by atoms with E-state index in [0.29, 0.717) is 17.0 Å². The van der Waals surface area contributed by atoms with Gasteiger partial charge in [-0.1, -0.05) is 66.3 Å². The lowest BCUT2D eigenvalue weighted by atomic mass is 9.97. The number of benzene rings is 3. The predicted molar refractivity (Wildman–Crippen MR) is 157 cm³/mol. The quantitative estimate of drug-likeness (QED) is 0.196. The maximum atomic E-state index is 15.1. The highest BCUT2D eigenvalue weighted by Gasteiger charge is 2.24. The number of hydrogen-bond acceptors (Lipinski definition) is 8. The van der Waals surface area contributed by atoms with Gasteiger partial charge >= 0.3 is 0 Å². The average molecular weight is 598 g/mol. The number of halogens is 2. The van der Waals surface area contributed by atoms with Crippen LogP contribution in [0.25, 0.3) is 22.3 Å². The van der Waals surface area contributed by atoms with Crippen molar-refractivity contribution in [3.8, 4) is 33.8 Å². The standard InChI is InChI=1S/C27H21ClFN5O3S2.CH4/c1-16-3-2-4-17(9-16)18-5-6-24(21(11-18)19-7-8-31-20(10-19)14-30)37-25-13-23(29)26(12-22(25)28)39(35,36)34-27-33-32-15-38-27;/h2-13,15H,14,30H2,1H3,(H,33,34);1H4. The second kappa shape index (κ2) is 12.1. The molecule has 2 aromatic heterocycles. The van der Waals surface area contributed by atoms with Crippen LogP contribution in [-0.2, 0) is 16.6 Å². The molecule has 40 heavy (non-hydrogen) atoms. The molecule has 0 saturated heterocycles.